The molecule has 4 heteroatoms. The van der Waals surface area contributed by atoms with Gasteiger partial charge in [-0.15, -0.1) is 0 Å². The van der Waals surface area contributed by atoms with E-state index in [4.69, 9.17) is 17.3 Å². The number of rotatable bonds is 1. The van der Waals surface area contributed by atoms with E-state index in [1.54, 1.807) is 6.07 Å². The third-order valence-corrected chi connectivity index (χ3v) is 2.68. The van der Waals surface area contributed by atoms with Gasteiger partial charge < -0.3 is 5.73 Å². The van der Waals surface area contributed by atoms with Crippen LogP contribution in [0.2, 0.25) is 5.02 Å². The van der Waals surface area contributed by atoms with E-state index in [1.165, 1.54) is 0 Å². The van der Waals surface area contributed by atoms with Crippen LogP contribution in [0.15, 0.2) is 16.6 Å². The van der Waals surface area contributed by atoms with Crippen molar-refractivity contribution >= 4 is 33.4 Å². The quantitative estimate of drug-likeness (QED) is 0.815. The normalized spacial score (nSPS) is 9.92. The number of carbonyl (C=O) groups is 1. The maximum absolute atomic E-state index is 10.9. The molecule has 0 spiro atoms. The van der Waals surface area contributed by atoms with Crippen LogP contribution in [0.25, 0.3) is 0 Å². The summed E-state index contributed by atoms with van der Waals surface area (Å²) in [6.07, 6.45) is 0. The molecule has 0 aliphatic rings. The van der Waals surface area contributed by atoms with Crippen LogP contribution in [0.5, 0.6) is 0 Å². The molecule has 0 saturated carbocycles. The number of amides is 1. The highest BCUT2D eigenvalue weighted by Gasteiger charge is 2.12. The summed E-state index contributed by atoms with van der Waals surface area (Å²) in [5, 5.41) is 0.414. The Kier molecular flexibility index (Phi) is 2.75. The van der Waals surface area contributed by atoms with Crippen LogP contribution in [0.3, 0.4) is 0 Å². The van der Waals surface area contributed by atoms with Crippen LogP contribution >= 0.6 is 27.5 Å². The van der Waals surface area contributed by atoms with Gasteiger partial charge in [0.05, 0.1) is 10.6 Å². The number of hydrogen-bond acceptors (Lipinski definition) is 1. The van der Waals surface area contributed by atoms with E-state index >= 15 is 0 Å². The first-order chi connectivity index (χ1) is 5.54. The summed E-state index contributed by atoms with van der Waals surface area (Å²) in [6, 6.07) is 3.57. The van der Waals surface area contributed by atoms with E-state index in [0.717, 1.165) is 5.56 Å². The van der Waals surface area contributed by atoms with Crippen LogP contribution in [-0.4, -0.2) is 5.91 Å². The zero-order valence-corrected chi connectivity index (χ0v) is 8.74. The lowest BCUT2D eigenvalue weighted by Crippen LogP contribution is -2.12. The fourth-order valence-corrected chi connectivity index (χ4v) is 1.78. The highest BCUT2D eigenvalue weighted by Crippen LogP contribution is 2.27. The first kappa shape index (κ1) is 9.55. The fourth-order valence-electron chi connectivity index (χ4n) is 0.883. The summed E-state index contributed by atoms with van der Waals surface area (Å²) in [4.78, 5) is 10.9. The monoisotopic (exact) mass is 247 g/mol. The van der Waals surface area contributed by atoms with Crippen LogP contribution in [0, 0.1) is 6.92 Å². The van der Waals surface area contributed by atoms with E-state index in [0.29, 0.717) is 15.1 Å². The van der Waals surface area contributed by atoms with Crippen molar-refractivity contribution in [2.24, 2.45) is 5.73 Å². The first-order valence-corrected chi connectivity index (χ1v) is 4.45. The zero-order chi connectivity index (χ0) is 9.30. The number of halogens is 2. The van der Waals surface area contributed by atoms with Crippen molar-refractivity contribution in [2.75, 3.05) is 0 Å². The van der Waals surface area contributed by atoms with Gasteiger partial charge in [-0.25, -0.2) is 0 Å². The van der Waals surface area contributed by atoms with E-state index in [9.17, 15) is 4.79 Å². The van der Waals surface area contributed by atoms with Gasteiger partial charge in [0.1, 0.15) is 0 Å². The Labute approximate surface area is 83.8 Å². The summed E-state index contributed by atoms with van der Waals surface area (Å²) in [7, 11) is 0. The van der Waals surface area contributed by atoms with E-state index in [-0.39, 0.29) is 0 Å². The largest absolute Gasteiger partial charge is 0.366 e. The molecule has 1 aromatic rings. The molecule has 0 aliphatic heterocycles. The molecular weight excluding hydrogens is 241 g/mol. The molecule has 0 aliphatic carbocycles. The number of hydrogen-bond donors (Lipinski definition) is 1. The Morgan fingerprint density at radius 3 is 2.58 bits per heavy atom. The Bertz CT molecular complexity index is 338. The number of aryl methyl sites for hydroxylation is 1. The average molecular weight is 249 g/mol. The van der Waals surface area contributed by atoms with Crippen molar-refractivity contribution < 1.29 is 4.79 Å². The summed E-state index contributed by atoms with van der Waals surface area (Å²) in [6.45, 7) is 1.82. The minimum atomic E-state index is -0.518. The van der Waals surface area contributed by atoms with Crippen molar-refractivity contribution in [2.45, 2.75) is 6.92 Å². The van der Waals surface area contributed by atoms with E-state index in [1.807, 2.05) is 13.0 Å². The van der Waals surface area contributed by atoms with Gasteiger partial charge in [-0.1, -0.05) is 17.7 Å². The van der Waals surface area contributed by atoms with Crippen molar-refractivity contribution in [1.82, 2.24) is 0 Å². The third kappa shape index (κ3) is 1.62. The van der Waals surface area contributed by atoms with Gasteiger partial charge >= 0.3 is 0 Å². The van der Waals surface area contributed by atoms with Crippen molar-refractivity contribution in [3.8, 4) is 0 Å². The number of nitrogens with two attached hydrogens (primary N) is 1. The first-order valence-electron chi connectivity index (χ1n) is 3.28. The highest BCUT2D eigenvalue weighted by molar-refractivity contribution is 9.10. The van der Waals surface area contributed by atoms with Gasteiger partial charge in [0.15, 0.2) is 0 Å². The summed E-state index contributed by atoms with van der Waals surface area (Å²) < 4.78 is 0.630. The minimum absolute atomic E-state index is 0.344. The third-order valence-electron chi connectivity index (χ3n) is 1.53. The molecular formula is C8H7BrClNO. The predicted octanol–water partition coefficient (Wildman–Crippen LogP) is 2.51. The molecule has 0 atom stereocenters. The summed E-state index contributed by atoms with van der Waals surface area (Å²) in [5.41, 5.74) is 6.32. The van der Waals surface area contributed by atoms with Gasteiger partial charge in [0.25, 0.3) is 5.91 Å². The molecule has 0 fully saturated rings. The molecule has 1 rings (SSSR count). The molecule has 0 bridgehead atoms. The number of primary amides is 1. The molecule has 2 nitrogen and oxygen atoms in total. The van der Waals surface area contributed by atoms with Crippen LogP contribution in [-0.2, 0) is 0 Å². The molecule has 1 aromatic carbocycles. The highest BCUT2D eigenvalue weighted by atomic mass is 79.9. The number of benzene rings is 1. The molecule has 0 saturated heterocycles. The Morgan fingerprint density at radius 1 is 1.58 bits per heavy atom. The van der Waals surface area contributed by atoms with Crippen LogP contribution in [0.4, 0.5) is 0 Å². The van der Waals surface area contributed by atoms with Crippen molar-refractivity contribution in [1.29, 1.82) is 0 Å². The van der Waals surface area contributed by atoms with Crippen LogP contribution < -0.4 is 5.73 Å². The van der Waals surface area contributed by atoms with E-state index in [2.05, 4.69) is 15.9 Å². The van der Waals surface area contributed by atoms with Gasteiger partial charge in [0.2, 0.25) is 0 Å². The summed E-state index contributed by atoms with van der Waals surface area (Å²) in [5.74, 6) is -0.518. The molecule has 2 N–H and O–H groups in total. The molecule has 64 valence electrons. The lowest BCUT2D eigenvalue weighted by atomic mass is 10.1. The topological polar surface area (TPSA) is 43.1 Å². The number of carbonyl (C=O) groups excluding carboxylic acids is 1. The molecule has 0 heterocycles. The maximum atomic E-state index is 10.9. The minimum Gasteiger partial charge on any atom is -0.366 e. The van der Waals surface area contributed by atoms with Gasteiger partial charge in [-0.2, -0.15) is 0 Å². The standard InChI is InChI=1S/C8H7BrClNO/c1-4-2-3-5(9)6(7(4)10)8(11)12/h2-3H,1H3,(H2,11,12). The Morgan fingerprint density at radius 2 is 2.17 bits per heavy atom. The Hall–Kier alpha value is -0.540. The van der Waals surface area contributed by atoms with Crippen molar-refractivity contribution in [3.63, 3.8) is 0 Å². The van der Waals surface area contributed by atoms with E-state index < -0.39 is 5.91 Å². The van der Waals surface area contributed by atoms with Crippen LogP contribution in [0.1, 0.15) is 15.9 Å². The predicted molar refractivity (Wildman–Crippen MR) is 52.4 cm³/mol. The molecule has 0 radical (unpaired) electrons. The molecule has 0 unspecified atom stereocenters. The second kappa shape index (κ2) is 3.46. The maximum Gasteiger partial charge on any atom is 0.251 e. The lowest BCUT2D eigenvalue weighted by molar-refractivity contribution is 0.0999. The average Bonchev–Trinajstić information content (AvgIpc) is 1.97. The van der Waals surface area contributed by atoms with Crippen molar-refractivity contribution in [3.05, 3.63) is 32.8 Å². The van der Waals surface area contributed by atoms with Gasteiger partial charge in [0, 0.05) is 4.47 Å². The smallest absolute Gasteiger partial charge is 0.251 e. The molecule has 1 amide bonds. The molecule has 12 heavy (non-hydrogen) atoms. The fraction of sp³-hybridized carbons (Fsp3) is 0.125. The second-order valence-electron chi connectivity index (χ2n) is 2.42. The molecule has 0 aromatic heterocycles. The van der Waals surface area contributed by atoms with Gasteiger partial charge in [-0.3, -0.25) is 4.79 Å². The SMILES string of the molecule is Cc1ccc(Br)c(C(N)=O)c1Cl. The second-order valence-corrected chi connectivity index (χ2v) is 3.65. The van der Waals surface area contributed by atoms with Gasteiger partial charge in [-0.05, 0) is 34.5 Å². The Balaban J connectivity index is 3.43. The zero-order valence-electron chi connectivity index (χ0n) is 6.40. The lowest BCUT2D eigenvalue weighted by Gasteiger charge is -2.04. The summed E-state index contributed by atoms with van der Waals surface area (Å²) >= 11 is 9.06.